The second-order valence-corrected chi connectivity index (χ2v) is 3.43. The quantitative estimate of drug-likeness (QED) is 0.433. The Labute approximate surface area is 87.7 Å². The molecule has 0 spiro atoms. The fourth-order valence-corrected chi connectivity index (χ4v) is 1.42. The molecule has 0 radical (unpaired) electrons. The van der Waals surface area contributed by atoms with Gasteiger partial charge in [-0.1, -0.05) is 42.5 Å². The molecule has 14 heavy (non-hydrogen) atoms. The number of nitrogens with two attached hydrogens (primary N) is 1. The van der Waals surface area contributed by atoms with Gasteiger partial charge in [-0.3, -0.25) is 0 Å². The molecule has 2 nitrogen and oxygen atoms in total. The van der Waals surface area contributed by atoms with Crippen LogP contribution in [0, 0.1) is 0 Å². The van der Waals surface area contributed by atoms with Crippen LogP contribution in [0.15, 0.2) is 59.0 Å². The molecule has 0 saturated carbocycles. The van der Waals surface area contributed by atoms with Crippen LogP contribution in [-0.4, -0.2) is 6.21 Å². The van der Waals surface area contributed by atoms with E-state index >= 15 is 0 Å². The van der Waals surface area contributed by atoms with Crippen molar-refractivity contribution < 1.29 is 0 Å². The summed E-state index contributed by atoms with van der Waals surface area (Å²) in [7, 11) is 0. The molecule has 3 heteroatoms. The van der Waals surface area contributed by atoms with Gasteiger partial charge in [-0.2, -0.15) is 5.10 Å². The normalized spacial score (nSPS) is 9.43. The van der Waals surface area contributed by atoms with Gasteiger partial charge in [-0.15, -0.1) is 11.3 Å². The van der Waals surface area contributed by atoms with Crippen LogP contribution < -0.4 is 5.84 Å². The van der Waals surface area contributed by atoms with Crippen LogP contribution in [0.2, 0.25) is 0 Å². The molecule has 1 heterocycles. The average molecular weight is 204 g/mol. The standard InChI is InChI=1S/C6H6.C5H6N2S/c1-2-4-6-5-3-1;6-7-4-5-2-1-3-8-5/h1-6H;1-4H,6H2. The third-order valence-electron chi connectivity index (χ3n) is 1.41. The molecule has 0 aliphatic rings. The van der Waals surface area contributed by atoms with E-state index in [9.17, 15) is 0 Å². The maximum absolute atomic E-state index is 4.90. The Bertz CT molecular complexity index is 314. The molecule has 0 aliphatic heterocycles. The first-order valence-corrected chi connectivity index (χ1v) is 5.08. The van der Waals surface area contributed by atoms with Crippen LogP contribution in [0.4, 0.5) is 0 Å². The third-order valence-corrected chi connectivity index (χ3v) is 2.22. The first-order valence-electron chi connectivity index (χ1n) is 4.20. The molecule has 2 aromatic rings. The first-order chi connectivity index (χ1) is 6.93. The van der Waals surface area contributed by atoms with Crippen molar-refractivity contribution in [3.05, 3.63) is 58.8 Å². The van der Waals surface area contributed by atoms with Crippen molar-refractivity contribution in [3.8, 4) is 0 Å². The summed E-state index contributed by atoms with van der Waals surface area (Å²) in [4.78, 5) is 1.09. The highest BCUT2D eigenvalue weighted by molar-refractivity contribution is 7.11. The molecule has 1 aromatic heterocycles. The van der Waals surface area contributed by atoms with Gasteiger partial charge in [-0.25, -0.2) is 0 Å². The van der Waals surface area contributed by atoms with Gasteiger partial charge in [0.05, 0.1) is 6.21 Å². The van der Waals surface area contributed by atoms with Gasteiger partial charge in [0.15, 0.2) is 0 Å². The zero-order chi connectivity index (χ0) is 10.1. The Kier molecular flexibility index (Phi) is 5.13. The van der Waals surface area contributed by atoms with Crippen molar-refractivity contribution in [2.24, 2.45) is 10.9 Å². The third kappa shape index (κ3) is 4.42. The number of hydrogen-bond donors (Lipinski definition) is 1. The van der Waals surface area contributed by atoms with Gasteiger partial charge >= 0.3 is 0 Å². The van der Waals surface area contributed by atoms with Crippen LogP contribution in [0.1, 0.15) is 4.88 Å². The molecule has 72 valence electrons. The van der Waals surface area contributed by atoms with Crippen LogP contribution in [0.25, 0.3) is 0 Å². The monoisotopic (exact) mass is 204 g/mol. The number of benzene rings is 1. The second-order valence-electron chi connectivity index (χ2n) is 2.45. The maximum Gasteiger partial charge on any atom is 0.0637 e. The smallest absolute Gasteiger partial charge is 0.0637 e. The molecule has 2 N–H and O–H groups in total. The molecular weight excluding hydrogens is 192 g/mol. The van der Waals surface area contributed by atoms with Gasteiger partial charge < -0.3 is 5.84 Å². The van der Waals surface area contributed by atoms with E-state index in [-0.39, 0.29) is 0 Å². The van der Waals surface area contributed by atoms with Crippen molar-refractivity contribution in [1.29, 1.82) is 0 Å². The number of hydrazone groups is 1. The van der Waals surface area contributed by atoms with E-state index in [1.165, 1.54) is 0 Å². The summed E-state index contributed by atoms with van der Waals surface area (Å²) in [5, 5.41) is 5.35. The molecule has 0 amide bonds. The Hall–Kier alpha value is -1.61. The van der Waals surface area contributed by atoms with Gasteiger partial charge in [0.2, 0.25) is 0 Å². The van der Waals surface area contributed by atoms with Crippen LogP contribution in [0.3, 0.4) is 0 Å². The molecule has 0 atom stereocenters. The number of nitrogens with zero attached hydrogens (tertiary/aromatic N) is 1. The van der Waals surface area contributed by atoms with E-state index < -0.39 is 0 Å². The summed E-state index contributed by atoms with van der Waals surface area (Å²) in [6.07, 6.45) is 1.63. The summed E-state index contributed by atoms with van der Waals surface area (Å²) in [6.45, 7) is 0. The minimum atomic E-state index is 1.09. The second kappa shape index (κ2) is 6.86. The zero-order valence-corrected chi connectivity index (χ0v) is 8.52. The molecule has 0 fully saturated rings. The number of hydrogen-bond acceptors (Lipinski definition) is 3. The minimum Gasteiger partial charge on any atom is -0.323 e. The van der Waals surface area contributed by atoms with Crippen molar-refractivity contribution in [3.63, 3.8) is 0 Å². The Morgan fingerprint density at radius 1 is 1.00 bits per heavy atom. The fourth-order valence-electron chi connectivity index (χ4n) is 0.823. The predicted octanol–water partition coefficient (Wildman–Crippen LogP) is 2.73. The van der Waals surface area contributed by atoms with Gasteiger partial charge in [0.25, 0.3) is 0 Å². The first kappa shape index (κ1) is 10.5. The average Bonchev–Trinajstić information content (AvgIpc) is 2.75. The molecule has 0 bridgehead atoms. The summed E-state index contributed by atoms with van der Waals surface area (Å²) < 4.78 is 0. The Morgan fingerprint density at radius 2 is 1.57 bits per heavy atom. The maximum atomic E-state index is 4.90. The molecule has 1 aromatic carbocycles. The molecule has 0 aliphatic carbocycles. The van der Waals surface area contributed by atoms with Crippen molar-refractivity contribution >= 4 is 17.6 Å². The van der Waals surface area contributed by atoms with Crippen molar-refractivity contribution in [2.45, 2.75) is 0 Å². The minimum absolute atomic E-state index is 1.09. The highest BCUT2D eigenvalue weighted by atomic mass is 32.1. The molecule has 2 rings (SSSR count). The van der Waals surface area contributed by atoms with Crippen LogP contribution in [-0.2, 0) is 0 Å². The van der Waals surface area contributed by atoms with Gasteiger partial charge in [0, 0.05) is 4.88 Å². The fraction of sp³-hybridized carbons (Fsp3) is 0. The summed E-state index contributed by atoms with van der Waals surface area (Å²) in [5.74, 6) is 4.90. The van der Waals surface area contributed by atoms with E-state index in [1.54, 1.807) is 17.6 Å². The lowest BCUT2D eigenvalue weighted by atomic mass is 10.4. The lowest BCUT2D eigenvalue weighted by Crippen LogP contribution is -1.80. The van der Waals surface area contributed by atoms with E-state index in [4.69, 9.17) is 5.84 Å². The lowest BCUT2D eigenvalue weighted by molar-refractivity contribution is 1.27. The largest absolute Gasteiger partial charge is 0.323 e. The topological polar surface area (TPSA) is 38.4 Å². The summed E-state index contributed by atoms with van der Waals surface area (Å²) in [5.41, 5.74) is 0. The highest BCUT2D eigenvalue weighted by Crippen LogP contribution is 2.03. The van der Waals surface area contributed by atoms with Crippen LogP contribution >= 0.6 is 11.3 Å². The summed E-state index contributed by atoms with van der Waals surface area (Å²) >= 11 is 1.62. The molecule has 0 saturated heterocycles. The Balaban J connectivity index is 0.000000146. The van der Waals surface area contributed by atoms with Crippen molar-refractivity contribution in [2.75, 3.05) is 0 Å². The van der Waals surface area contributed by atoms with Gasteiger partial charge in [0.1, 0.15) is 0 Å². The van der Waals surface area contributed by atoms with E-state index in [0.29, 0.717) is 0 Å². The predicted molar refractivity (Wildman–Crippen MR) is 62.5 cm³/mol. The van der Waals surface area contributed by atoms with Crippen LogP contribution in [0.5, 0.6) is 0 Å². The van der Waals surface area contributed by atoms with Crippen molar-refractivity contribution in [1.82, 2.24) is 0 Å². The zero-order valence-electron chi connectivity index (χ0n) is 7.71. The number of thiophene rings is 1. The molecule has 0 unspecified atom stereocenters. The molecular formula is C11H12N2S. The van der Waals surface area contributed by atoms with E-state index in [2.05, 4.69) is 5.10 Å². The highest BCUT2D eigenvalue weighted by Gasteiger charge is 1.82. The number of rotatable bonds is 1. The van der Waals surface area contributed by atoms with E-state index in [1.807, 2.05) is 53.9 Å². The summed E-state index contributed by atoms with van der Waals surface area (Å²) in [6, 6.07) is 15.9. The van der Waals surface area contributed by atoms with Gasteiger partial charge in [-0.05, 0) is 11.4 Å². The lowest BCUT2D eigenvalue weighted by Gasteiger charge is -1.74. The SMILES string of the molecule is NN=Cc1cccs1.c1ccccc1. The Morgan fingerprint density at radius 3 is 1.93 bits per heavy atom. The van der Waals surface area contributed by atoms with E-state index in [0.717, 1.165) is 4.88 Å².